The lowest BCUT2D eigenvalue weighted by molar-refractivity contribution is 0.0626. The Balaban J connectivity index is 1.51. The van der Waals surface area contributed by atoms with Crippen molar-refractivity contribution >= 4 is 5.82 Å². The maximum absolute atomic E-state index is 11.0. The Hall–Kier alpha value is -2.42. The molecule has 2 heterocycles. The molecule has 2 N–H and O–H groups in total. The average molecular weight is 416 g/mol. The predicted octanol–water partition coefficient (Wildman–Crippen LogP) is 1.47. The van der Waals surface area contributed by atoms with Crippen molar-refractivity contribution in [1.29, 1.82) is 0 Å². The third kappa shape index (κ3) is 6.04. The molecular weight excluding hydrogens is 382 g/mol. The van der Waals surface area contributed by atoms with Crippen LogP contribution in [0, 0.1) is 6.92 Å². The number of rotatable bonds is 10. The summed E-state index contributed by atoms with van der Waals surface area (Å²) in [5, 5.41) is 14.3. The van der Waals surface area contributed by atoms with Crippen LogP contribution in [0.1, 0.15) is 17.7 Å². The van der Waals surface area contributed by atoms with Gasteiger partial charge in [0.15, 0.2) is 11.5 Å². The summed E-state index contributed by atoms with van der Waals surface area (Å²) in [5.41, 5.74) is 1.23. The average Bonchev–Trinajstić information content (AvgIpc) is 3.11. The lowest BCUT2D eigenvalue weighted by Gasteiger charge is -2.24. The van der Waals surface area contributed by atoms with E-state index in [1.165, 1.54) is 0 Å². The zero-order chi connectivity index (χ0) is 21.6. The largest absolute Gasteiger partial charge is 0.493 e. The predicted molar refractivity (Wildman–Crippen MR) is 117 cm³/mol. The smallest absolute Gasteiger partial charge is 0.161 e. The van der Waals surface area contributed by atoms with Crippen molar-refractivity contribution < 1.29 is 14.6 Å². The fourth-order valence-electron chi connectivity index (χ4n) is 3.53. The Morgan fingerprint density at radius 3 is 2.80 bits per heavy atom. The van der Waals surface area contributed by atoms with Crippen LogP contribution in [-0.4, -0.2) is 79.6 Å². The van der Waals surface area contributed by atoms with Gasteiger partial charge in [-0.3, -0.25) is 0 Å². The molecule has 1 aromatic carbocycles. The van der Waals surface area contributed by atoms with E-state index in [2.05, 4.69) is 25.1 Å². The van der Waals surface area contributed by atoms with E-state index < -0.39 is 5.60 Å². The first-order valence-corrected chi connectivity index (χ1v) is 10.3. The number of ether oxygens (including phenoxy) is 2. The Morgan fingerprint density at radius 2 is 2.07 bits per heavy atom. The number of benzene rings is 1. The zero-order valence-electron chi connectivity index (χ0n) is 18.4. The van der Waals surface area contributed by atoms with Crippen molar-refractivity contribution in [3.63, 3.8) is 0 Å². The van der Waals surface area contributed by atoms with Gasteiger partial charge in [-0.15, -0.1) is 0 Å². The van der Waals surface area contributed by atoms with Gasteiger partial charge in [0.25, 0.3) is 0 Å². The first-order chi connectivity index (χ1) is 14.4. The van der Waals surface area contributed by atoms with Crippen LogP contribution < -0.4 is 19.7 Å². The molecule has 3 rings (SSSR count). The highest BCUT2D eigenvalue weighted by molar-refractivity contribution is 5.43. The van der Waals surface area contributed by atoms with Crippen LogP contribution in [-0.2, 0) is 6.54 Å². The number of aryl methyl sites for hydroxylation is 1. The third-order valence-electron chi connectivity index (χ3n) is 5.25. The minimum absolute atomic E-state index is 0.511. The van der Waals surface area contributed by atoms with Gasteiger partial charge in [0.05, 0.1) is 12.7 Å². The van der Waals surface area contributed by atoms with Crippen molar-refractivity contribution in [2.24, 2.45) is 0 Å². The van der Waals surface area contributed by atoms with E-state index in [9.17, 15) is 5.11 Å². The van der Waals surface area contributed by atoms with E-state index in [1.807, 2.05) is 45.3 Å². The molecule has 1 aliphatic rings. The van der Waals surface area contributed by atoms with Crippen LogP contribution in [0.2, 0.25) is 0 Å². The molecule has 0 spiro atoms. The van der Waals surface area contributed by atoms with Gasteiger partial charge in [-0.25, -0.2) is 9.97 Å². The second kappa shape index (κ2) is 10.1. The highest BCUT2D eigenvalue weighted by Gasteiger charge is 2.36. The van der Waals surface area contributed by atoms with Gasteiger partial charge in [0.2, 0.25) is 0 Å². The lowest BCUT2D eigenvalue weighted by atomic mass is 10.0. The number of likely N-dealkylation sites (N-methyl/N-ethyl adjacent to an activating group) is 1. The minimum Gasteiger partial charge on any atom is -0.493 e. The summed E-state index contributed by atoms with van der Waals surface area (Å²) in [6.45, 7) is 5.88. The van der Waals surface area contributed by atoms with Gasteiger partial charge in [-0.2, -0.15) is 0 Å². The molecule has 8 heteroatoms. The maximum atomic E-state index is 11.0. The van der Waals surface area contributed by atoms with Gasteiger partial charge in [0, 0.05) is 44.5 Å². The second-order valence-corrected chi connectivity index (χ2v) is 8.15. The van der Waals surface area contributed by atoms with E-state index >= 15 is 0 Å². The molecule has 0 unspecified atom stereocenters. The summed E-state index contributed by atoms with van der Waals surface area (Å²) in [7, 11) is 5.68. The number of nitrogens with zero attached hydrogens (tertiary/aromatic N) is 4. The van der Waals surface area contributed by atoms with E-state index in [0.717, 1.165) is 41.7 Å². The fraction of sp³-hybridized carbons (Fsp3) is 0.545. The molecule has 164 valence electrons. The van der Waals surface area contributed by atoms with Crippen molar-refractivity contribution in [3.8, 4) is 11.5 Å². The zero-order valence-corrected chi connectivity index (χ0v) is 18.4. The highest BCUT2D eigenvalue weighted by atomic mass is 16.5. The maximum Gasteiger partial charge on any atom is 0.161 e. The molecule has 0 aliphatic carbocycles. The van der Waals surface area contributed by atoms with E-state index in [1.54, 1.807) is 13.4 Å². The lowest BCUT2D eigenvalue weighted by Crippen LogP contribution is -2.43. The number of nitrogens with one attached hydrogen (secondary N) is 1. The number of β-amino-alcohol motifs (C(OH)–C–C–N with tert-alkyl or cyclic N) is 1. The summed E-state index contributed by atoms with van der Waals surface area (Å²) in [6.07, 6.45) is 2.27. The second-order valence-electron chi connectivity index (χ2n) is 8.15. The molecule has 0 bridgehead atoms. The number of hydrogen-bond donors (Lipinski definition) is 2. The Bertz CT molecular complexity index is 832. The molecular formula is C22H33N5O3. The number of hydrogen-bond acceptors (Lipinski definition) is 8. The van der Waals surface area contributed by atoms with Gasteiger partial charge in [-0.05, 0) is 45.1 Å². The molecule has 1 aromatic heterocycles. The van der Waals surface area contributed by atoms with Crippen molar-refractivity contribution in [2.45, 2.75) is 25.5 Å². The van der Waals surface area contributed by atoms with Crippen molar-refractivity contribution in [1.82, 2.24) is 20.2 Å². The number of aliphatic hydroxyl groups is 1. The van der Waals surface area contributed by atoms with Gasteiger partial charge in [-0.1, -0.05) is 6.07 Å². The topological polar surface area (TPSA) is 83.0 Å². The van der Waals surface area contributed by atoms with Crippen LogP contribution in [0.5, 0.6) is 11.5 Å². The molecule has 1 fully saturated rings. The first kappa shape index (κ1) is 22.3. The van der Waals surface area contributed by atoms with Crippen molar-refractivity contribution in [3.05, 3.63) is 41.9 Å². The monoisotopic (exact) mass is 415 g/mol. The Kier molecular flexibility index (Phi) is 7.47. The van der Waals surface area contributed by atoms with Gasteiger partial charge in [0.1, 0.15) is 18.8 Å². The van der Waals surface area contributed by atoms with Crippen LogP contribution in [0.25, 0.3) is 0 Å². The quantitative estimate of drug-likeness (QED) is 0.604. The Morgan fingerprint density at radius 1 is 1.23 bits per heavy atom. The normalized spacial score (nSPS) is 18.8. The van der Waals surface area contributed by atoms with E-state index in [0.29, 0.717) is 32.7 Å². The standard InChI is InChI=1S/C22H33N5O3/c1-17-11-21(25-16-24-17)27-8-7-22(28,15-27)14-23-13-18-5-6-19(20(12-18)29-4)30-10-9-26(2)3/h5-6,11-12,16,23,28H,7-10,13-15H2,1-4H3/t22-/m1/s1. The third-order valence-corrected chi connectivity index (χ3v) is 5.25. The molecule has 30 heavy (non-hydrogen) atoms. The van der Waals surface area contributed by atoms with E-state index in [4.69, 9.17) is 9.47 Å². The van der Waals surface area contributed by atoms with Gasteiger partial charge < -0.3 is 29.7 Å². The molecule has 0 amide bonds. The molecule has 0 radical (unpaired) electrons. The summed E-state index contributed by atoms with van der Waals surface area (Å²) in [4.78, 5) is 12.7. The fourth-order valence-corrected chi connectivity index (χ4v) is 3.53. The SMILES string of the molecule is COc1cc(CNC[C@]2(O)CCN(c3cc(C)ncn3)C2)ccc1OCCN(C)C. The first-order valence-electron chi connectivity index (χ1n) is 10.3. The molecule has 2 aromatic rings. The summed E-state index contributed by atoms with van der Waals surface area (Å²) < 4.78 is 11.3. The van der Waals surface area contributed by atoms with Crippen LogP contribution >= 0.6 is 0 Å². The molecule has 0 saturated carbocycles. The molecule has 1 aliphatic heterocycles. The summed E-state index contributed by atoms with van der Waals surface area (Å²) in [6, 6.07) is 7.89. The molecule has 1 saturated heterocycles. The highest BCUT2D eigenvalue weighted by Crippen LogP contribution is 2.28. The molecule has 1 atom stereocenters. The van der Waals surface area contributed by atoms with Crippen LogP contribution in [0.15, 0.2) is 30.6 Å². The number of anilines is 1. The summed E-state index contributed by atoms with van der Waals surface area (Å²) >= 11 is 0. The van der Waals surface area contributed by atoms with Crippen LogP contribution in [0.3, 0.4) is 0 Å². The molecule has 8 nitrogen and oxygen atoms in total. The van der Waals surface area contributed by atoms with Crippen LogP contribution in [0.4, 0.5) is 5.82 Å². The van der Waals surface area contributed by atoms with E-state index in [-0.39, 0.29) is 0 Å². The Labute approximate surface area is 178 Å². The summed E-state index contributed by atoms with van der Waals surface area (Å²) in [5.74, 6) is 2.33. The number of methoxy groups -OCH3 is 1. The minimum atomic E-state index is -0.780. The number of aromatic nitrogens is 2. The van der Waals surface area contributed by atoms with Crippen molar-refractivity contribution in [2.75, 3.05) is 58.9 Å². The van der Waals surface area contributed by atoms with Gasteiger partial charge >= 0.3 is 0 Å².